The molecule has 0 atom stereocenters. The summed E-state index contributed by atoms with van der Waals surface area (Å²) in [4.78, 5) is 0. The molecular formula is C21H28O2. The summed E-state index contributed by atoms with van der Waals surface area (Å²) in [6, 6.07) is 8.30. The Labute approximate surface area is 139 Å². The minimum Gasteiger partial charge on any atom is -0.361 e. The second-order valence-electron chi connectivity index (χ2n) is 8.09. The summed E-state index contributed by atoms with van der Waals surface area (Å²) in [5, 5.41) is 21.3. The van der Waals surface area contributed by atoms with Gasteiger partial charge in [-0.15, -0.1) is 0 Å². The highest BCUT2D eigenvalue weighted by Crippen LogP contribution is 2.47. The molecule has 2 rings (SSSR count). The average molecular weight is 312 g/mol. The van der Waals surface area contributed by atoms with Gasteiger partial charge in [-0.05, 0) is 29.0 Å². The van der Waals surface area contributed by atoms with Crippen molar-refractivity contribution in [3.8, 4) is 0 Å². The van der Waals surface area contributed by atoms with Crippen molar-refractivity contribution in [3.05, 3.63) is 64.8 Å². The van der Waals surface area contributed by atoms with E-state index in [-0.39, 0.29) is 5.41 Å². The fraction of sp³-hybridized carbons (Fsp3) is 0.429. The quantitative estimate of drug-likeness (QED) is 0.782. The van der Waals surface area contributed by atoms with Gasteiger partial charge in [-0.3, -0.25) is 0 Å². The van der Waals surface area contributed by atoms with Gasteiger partial charge in [-0.25, -0.2) is 0 Å². The lowest BCUT2D eigenvalue weighted by Gasteiger charge is -2.45. The Balaban J connectivity index is 2.43. The van der Waals surface area contributed by atoms with E-state index in [1.807, 2.05) is 58.9 Å². The molecule has 0 aromatic heterocycles. The highest BCUT2D eigenvalue weighted by atomic mass is 16.5. The maximum Gasteiger partial charge on any atom is 0.195 e. The number of rotatable bonds is 2. The van der Waals surface area contributed by atoms with E-state index < -0.39 is 11.2 Å². The monoisotopic (exact) mass is 312 g/mol. The smallest absolute Gasteiger partial charge is 0.195 e. The van der Waals surface area contributed by atoms with Crippen LogP contribution in [0.25, 0.3) is 6.08 Å². The van der Waals surface area contributed by atoms with Gasteiger partial charge in [-0.1, -0.05) is 88.8 Å². The van der Waals surface area contributed by atoms with Crippen molar-refractivity contribution < 1.29 is 10.2 Å². The van der Waals surface area contributed by atoms with Crippen LogP contribution in [0.4, 0.5) is 0 Å². The van der Waals surface area contributed by atoms with E-state index in [1.54, 1.807) is 0 Å². The zero-order chi connectivity index (χ0) is 17.5. The predicted molar refractivity (Wildman–Crippen MR) is 96.8 cm³/mol. The van der Waals surface area contributed by atoms with Gasteiger partial charge in [0.05, 0.1) is 0 Å². The fourth-order valence-corrected chi connectivity index (χ4v) is 2.98. The number of hydrogen-bond donors (Lipinski definition) is 2. The standard InChI is InChI=1S/C21H28O2/c1-15-8-7-9-16(12-15)10-11-17-13-18(19(2,3)4)21(22,23)20(5,6)14-17/h7-14,22-23H,1-6H3. The third-order valence-electron chi connectivity index (χ3n) is 4.43. The highest BCUT2D eigenvalue weighted by molar-refractivity contribution is 5.57. The maximum atomic E-state index is 10.7. The molecular weight excluding hydrogens is 284 g/mol. The van der Waals surface area contributed by atoms with E-state index in [0.717, 1.165) is 11.1 Å². The van der Waals surface area contributed by atoms with Crippen LogP contribution in [0.1, 0.15) is 45.7 Å². The van der Waals surface area contributed by atoms with Gasteiger partial charge in [0.2, 0.25) is 0 Å². The topological polar surface area (TPSA) is 40.5 Å². The van der Waals surface area contributed by atoms with Crippen molar-refractivity contribution in [3.63, 3.8) is 0 Å². The molecule has 23 heavy (non-hydrogen) atoms. The number of aryl methyl sites for hydroxylation is 1. The normalized spacial score (nSPS) is 20.3. The Bertz CT molecular complexity index is 680. The molecule has 1 aliphatic carbocycles. The molecule has 0 aliphatic heterocycles. The number of benzene rings is 1. The number of allylic oxidation sites excluding steroid dienone is 3. The molecule has 0 unspecified atom stereocenters. The number of aliphatic hydroxyl groups is 2. The van der Waals surface area contributed by atoms with Crippen LogP contribution in [-0.4, -0.2) is 16.0 Å². The molecule has 0 fully saturated rings. The molecule has 0 spiro atoms. The Morgan fingerprint density at radius 1 is 1.04 bits per heavy atom. The zero-order valence-electron chi connectivity index (χ0n) is 15.0. The van der Waals surface area contributed by atoms with E-state index in [4.69, 9.17) is 0 Å². The minimum atomic E-state index is -1.84. The molecule has 0 saturated carbocycles. The van der Waals surface area contributed by atoms with Crippen LogP contribution < -0.4 is 0 Å². The molecule has 0 radical (unpaired) electrons. The van der Waals surface area contributed by atoms with E-state index in [2.05, 4.69) is 31.2 Å². The summed E-state index contributed by atoms with van der Waals surface area (Å²) in [6.45, 7) is 11.8. The second-order valence-corrected chi connectivity index (χ2v) is 8.09. The molecule has 0 amide bonds. The van der Waals surface area contributed by atoms with Crippen LogP contribution in [0, 0.1) is 17.8 Å². The summed E-state index contributed by atoms with van der Waals surface area (Å²) < 4.78 is 0. The van der Waals surface area contributed by atoms with Gasteiger partial charge in [0.25, 0.3) is 0 Å². The fourth-order valence-electron chi connectivity index (χ4n) is 2.98. The van der Waals surface area contributed by atoms with Crippen molar-refractivity contribution in [2.45, 2.75) is 47.3 Å². The van der Waals surface area contributed by atoms with Crippen molar-refractivity contribution in [1.29, 1.82) is 0 Å². The second kappa shape index (κ2) is 5.77. The SMILES string of the molecule is Cc1cccc(C=CC2=CC(C)(C)C(O)(O)C(C(C)(C)C)=C2)c1. The first-order chi connectivity index (χ1) is 10.4. The average Bonchev–Trinajstić information content (AvgIpc) is 2.38. The van der Waals surface area contributed by atoms with E-state index in [1.165, 1.54) is 5.56 Å². The Morgan fingerprint density at radius 2 is 1.70 bits per heavy atom. The van der Waals surface area contributed by atoms with Gasteiger partial charge in [0.1, 0.15) is 0 Å². The molecule has 0 saturated heterocycles. The van der Waals surface area contributed by atoms with Crippen LogP contribution >= 0.6 is 0 Å². The van der Waals surface area contributed by atoms with Crippen LogP contribution in [0.15, 0.2) is 53.6 Å². The number of hydrogen-bond acceptors (Lipinski definition) is 2. The lowest BCUT2D eigenvalue weighted by atomic mass is 9.66. The molecule has 2 nitrogen and oxygen atoms in total. The summed E-state index contributed by atoms with van der Waals surface area (Å²) in [7, 11) is 0. The maximum absolute atomic E-state index is 10.7. The largest absolute Gasteiger partial charge is 0.361 e. The third-order valence-corrected chi connectivity index (χ3v) is 4.43. The van der Waals surface area contributed by atoms with Gasteiger partial charge < -0.3 is 10.2 Å². The molecule has 1 aromatic carbocycles. The summed E-state index contributed by atoms with van der Waals surface area (Å²) in [6.07, 6.45) is 7.93. The lowest BCUT2D eigenvalue weighted by Crippen LogP contribution is -2.50. The molecule has 2 heteroatoms. The first-order valence-electron chi connectivity index (χ1n) is 8.08. The van der Waals surface area contributed by atoms with Gasteiger partial charge in [-0.2, -0.15) is 0 Å². The Hall–Kier alpha value is -1.64. The van der Waals surface area contributed by atoms with Gasteiger partial charge in [0, 0.05) is 5.41 Å². The molecule has 124 valence electrons. The van der Waals surface area contributed by atoms with Crippen molar-refractivity contribution in [2.24, 2.45) is 10.8 Å². The van der Waals surface area contributed by atoms with Crippen LogP contribution in [-0.2, 0) is 0 Å². The highest BCUT2D eigenvalue weighted by Gasteiger charge is 2.49. The van der Waals surface area contributed by atoms with Crippen LogP contribution in [0.5, 0.6) is 0 Å². The summed E-state index contributed by atoms with van der Waals surface area (Å²) in [5.41, 5.74) is 2.93. The van der Waals surface area contributed by atoms with E-state index in [0.29, 0.717) is 5.57 Å². The Morgan fingerprint density at radius 3 is 2.26 bits per heavy atom. The summed E-state index contributed by atoms with van der Waals surface area (Å²) >= 11 is 0. The first-order valence-corrected chi connectivity index (χ1v) is 8.08. The molecule has 0 bridgehead atoms. The van der Waals surface area contributed by atoms with Crippen molar-refractivity contribution in [2.75, 3.05) is 0 Å². The minimum absolute atomic E-state index is 0.322. The van der Waals surface area contributed by atoms with E-state index >= 15 is 0 Å². The van der Waals surface area contributed by atoms with Crippen molar-refractivity contribution in [1.82, 2.24) is 0 Å². The van der Waals surface area contributed by atoms with Crippen molar-refractivity contribution >= 4 is 6.08 Å². The first kappa shape index (κ1) is 17.7. The molecule has 1 aliphatic rings. The third kappa shape index (κ3) is 3.65. The molecule has 2 N–H and O–H groups in total. The zero-order valence-corrected chi connectivity index (χ0v) is 15.0. The molecule has 0 heterocycles. The van der Waals surface area contributed by atoms with Crippen LogP contribution in [0.3, 0.4) is 0 Å². The Kier molecular flexibility index (Phi) is 4.44. The lowest BCUT2D eigenvalue weighted by molar-refractivity contribution is -0.196. The van der Waals surface area contributed by atoms with Crippen LogP contribution in [0.2, 0.25) is 0 Å². The van der Waals surface area contributed by atoms with Gasteiger partial charge in [0.15, 0.2) is 5.79 Å². The van der Waals surface area contributed by atoms with Gasteiger partial charge >= 0.3 is 0 Å². The summed E-state index contributed by atoms with van der Waals surface area (Å²) in [5.74, 6) is -1.84. The molecule has 1 aromatic rings. The predicted octanol–water partition coefficient (Wildman–Crippen LogP) is 4.63. The van der Waals surface area contributed by atoms with E-state index in [9.17, 15) is 10.2 Å².